The largest absolute Gasteiger partial charge is 0.494 e. The van der Waals surface area contributed by atoms with E-state index in [-0.39, 0.29) is 5.54 Å². The third-order valence-corrected chi connectivity index (χ3v) is 5.05. The number of aromatic nitrogens is 1. The fraction of sp³-hybridized carbons (Fsp3) is 0.471. The molecule has 0 unspecified atom stereocenters. The molecule has 3 rings (SSSR count). The molecule has 2 N–H and O–H groups in total. The molecule has 2 aromatic rings. The highest BCUT2D eigenvalue weighted by Crippen LogP contribution is 2.46. The van der Waals surface area contributed by atoms with Gasteiger partial charge in [-0.2, -0.15) is 0 Å². The van der Waals surface area contributed by atoms with E-state index in [1.807, 2.05) is 19.1 Å². The topological polar surface area (TPSA) is 48.1 Å². The van der Waals surface area contributed by atoms with Crippen LogP contribution in [-0.4, -0.2) is 11.6 Å². The smallest absolute Gasteiger partial charge is 0.124 e. The van der Waals surface area contributed by atoms with Crippen LogP contribution in [0.5, 0.6) is 5.75 Å². The maximum atomic E-state index is 6.34. The van der Waals surface area contributed by atoms with Gasteiger partial charge in [-0.05, 0) is 45.7 Å². The number of thiazole rings is 1. The summed E-state index contributed by atoms with van der Waals surface area (Å²) >= 11 is 1.72. The first-order chi connectivity index (χ1) is 9.99. The lowest BCUT2D eigenvalue weighted by Crippen LogP contribution is -2.28. The van der Waals surface area contributed by atoms with Gasteiger partial charge >= 0.3 is 0 Å². The van der Waals surface area contributed by atoms with E-state index in [0.29, 0.717) is 12.5 Å². The van der Waals surface area contributed by atoms with Crippen LogP contribution in [0.2, 0.25) is 0 Å². The van der Waals surface area contributed by atoms with Gasteiger partial charge in [0.15, 0.2) is 0 Å². The van der Waals surface area contributed by atoms with E-state index in [1.54, 1.807) is 11.3 Å². The van der Waals surface area contributed by atoms with E-state index in [9.17, 15) is 0 Å². The van der Waals surface area contributed by atoms with Gasteiger partial charge in [-0.25, -0.2) is 4.98 Å². The van der Waals surface area contributed by atoms with Crippen molar-refractivity contribution in [3.05, 3.63) is 34.8 Å². The Morgan fingerprint density at radius 3 is 2.76 bits per heavy atom. The molecule has 1 aromatic heterocycles. The van der Waals surface area contributed by atoms with Gasteiger partial charge in [-0.15, -0.1) is 11.3 Å². The zero-order chi connectivity index (χ0) is 15.0. The van der Waals surface area contributed by atoms with Crippen molar-refractivity contribution in [2.45, 2.75) is 45.1 Å². The van der Waals surface area contributed by atoms with E-state index in [4.69, 9.17) is 15.5 Å². The zero-order valence-electron chi connectivity index (χ0n) is 12.8. The van der Waals surface area contributed by atoms with Gasteiger partial charge in [-0.3, -0.25) is 0 Å². The van der Waals surface area contributed by atoms with E-state index in [0.717, 1.165) is 16.3 Å². The summed E-state index contributed by atoms with van der Waals surface area (Å²) in [6.07, 6.45) is 2.48. The maximum Gasteiger partial charge on any atom is 0.124 e. The molecule has 21 heavy (non-hydrogen) atoms. The Morgan fingerprint density at radius 1 is 1.38 bits per heavy atom. The van der Waals surface area contributed by atoms with Crippen LogP contribution in [0.4, 0.5) is 0 Å². The lowest BCUT2D eigenvalue weighted by Gasteiger charge is -2.17. The molecule has 112 valence electrons. The first kappa shape index (κ1) is 14.5. The van der Waals surface area contributed by atoms with Crippen LogP contribution in [0.25, 0.3) is 10.6 Å². The average molecular weight is 302 g/mol. The minimum Gasteiger partial charge on any atom is -0.494 e. The summed E-state index contributed by atoms with van der Waals surface area (Å²) in [5.74, 6) is 1.51. The molecule has 0 radical (unpaired) electrons. The van der Waals surface area contributed by atoms with Crippen LogP contribution in [0, 0.1) is 0 Å². The van der Waals surface area contributed by atoms with Crippen molar-refractivity contribution in [3.63, 3.8) is 0 Å². The quantitative estimate of drug-likeness (QED) is 0.896. The molecule has 0 spiro atoms. The molecule has 1 saturated carbocycles. The molecule has 1 aromatic carbocycles. The van der Waals surface area contributed by atoms with E-state index >= 15 is 0 Å². The number of hydrogen-bond acceptors (Lipinski definition) is 4. The molecular weight excluding hydrogens is 280 g/mol. The van der Waals surface area contributed by atoms with Crippen LogP contribution in [0.1, 0.15) is 50.1 Å². The van der Waals surface area contributed by atoms with E-state index in [1.165, 1.54) is 23.4 Å². The van der Waals surface area contributed by atoms with Crippen molar-refractivity contribution in [2.24, 2.45) is 5.73 Å². The fourth-order valence-electron chi connectivity index (χ4n) is 2.44. The SMILES string of the molecule is CCOc1cccc(-c2nc(C3CC3)c(C(C)(C)N)s2)c1. The highest BCUT2D eigenvalue weighted by molar-refractivity contribution is 7.15. The predicted octanol–water partition coefficient (Wildman–Crippen LogP) is 4.28. The molecule has 1 heterocycles. The van der Waals surface area contributed by atoms with Crippen molar-refractivity contribution in [1.29, 1.82) is 0 Å². The zero-order valence-corrected chi connectivity index (χ0v) is 13.7. The van der Waals surface area contributed by atoms with Crippen LogP contribution >= 0.6 is 11.3 Å². The Labute approximate surface area is 130 Å². The molecule has 0 aliphatic heterocycles. The second-order valence-corrected chi connectivity index (χ2v) is 7.19. The van der Waals surface area contributed by atoms with Crippen LogP contribution in [0.3, 0.4) is 0 Å². The number of benzene rings is 1. The van der Waals surface area contributed by atoms with Crippen molar-refractivity contribution in [1.82, 2.24) is 4.98 Å². The number of nitrogens with two attached hydrogens (primary N) is 1. The molecule has 0 bridgehead atoms. The first-order valence-electron chi connectivity index (χ1n) is 7.52. The third-order valence-electron chi connectivity index (χ3n) is 3.59. The van der Waals surface area contributed by atoms with Gasteiger partial charge in [0, 0.05) is 21.9 Å². The normalized spacial score (nSPS) is 15.2. The maximum absolute atomic E-state index is 6.34. The minimum absolute atomic E-state index is 0.328. The van der Waals surface area contributed by atoms with Gasteiger partial charge in [0.1, 0.15) is 10.8 Å². The second kappa shape index (κ2) is 5.43. The number of rotatable bonds is 5. The third kappa shape index (κ3) is 3.11. The van der Waals surface area contributed by atoms with Crippen LogP contribution < -0.4 is 10.5 Å². The summed E-state index contributed by atoms with van der Waals surface area (Å²) in [5, 5.41) is 1.05. The second-order valence-electron chi connectivity index (χ2n) is 6.19. The van der Waals surface area contributed by atoms with Crippen molar-refractivity contribution in [3.8, 4) is 16.3 Å². The summed E-state index contributed by atoms with van der Waals surface area (Å²) in [4.78, 5) is 6.12. The number of ether oxygens (including phenoxy) is 1. The average Bonchev–Trinajstić information content (AvgIpc) is 3.16. The Bertz CT molecular complexity index is 638. The highest BCUT2D eigenvalue weighted by Gasteiger charge is 2.34. The summed E-state index contributed by atoms with van der Waals surface area (Å²) < 4.78 is 5.58. The Morgan fingerprint density at radius 2 is 2.14 bits per heavy atom. The lowest BCUT2D eigenvalue weighted by molar-refractivity contribution is 0.340. The summed E-state index contributed by atoms with van der Waals surface area (Å²) in [7, 11) is 0. The van der Waals surface area contributed by atoms with Crippen molar-refractivity contribution >= 4 is 11.3 Å². The molecule has 1 fully saturated rings. The monoisotopic (exact) mass is 302 g/mol. The lowest BCUT2D eigenvalue weighted by atomic mass is 10.0. The summed E-state index contributed by atoms with van der Waals surface area (Å²) in [6, 6.07) is 8.15. The fourth-order valence-corrected chi connectivity index (χ4v) is 3.60. The Kier molecular flexibility index (Phi) is 3.76. The summed E-state index contributed by atoms with van der Waals surface area (Å²) in [5.41, 5.74) is 8.34. The molecule has 0 amide bonds. The molecule has 1 aliphatic rings. The van der Waals surface area contributed by atoms with Gasteiger partial charge in [0.25, 0.3) is 0 Å². The van der Waals surface area contributed by atoms with E-state index < -0.39 is 0 Å². The van der Waals surface area contributed by atoms with Crippen molar-refractivity contribution < 1.29 is 4.74 Å². The standard InChI is InChI=1S/C17H22N2OS/c1-4-20-13-7-5-6-12(10-13)16-19-14(11-8-9-11)15(21-16)17(2,3)18/h5-7,10-11H,4,8-9,18H2,1-3H3. The van der Waals surface area contributed by atoms with Gasteiger partial charge in [-0.1, -0.05) is 12.1 Å². The first-order valence-corrected chi connectivity index (χ1v) is 8.34. The molecular formula is C17H22N2OS. The molecule has 4 heteroatoms. The van der Waals surface area contributed by atoms with Crippen LogP contribution in [-0.2, 0) is 5.54 Å². The highest BCUT2D eigenvalue weighted by atomic mass is 32.1. The van der Waals surface area contributed by atoms with Gasteiger partial charge in [0.2, 0.25) is 0 Å². The van der Waals surface area contributed by atoms with Gasteiger partial charge < -0.3 is 10.5 Å². The van der Waals surface area contributed by atoms with E-state index in [2.05, 4.69) is 26.0 Å². The molecule has 0 atom stereocenters. The van der Waals surface area contributed by atoms with Crippen molar-refractivity contribution in [2.75, 3.05) is 6.61 Å². The number of hydrogen-bond donors (Lipinski definition) is 1. The van der Waals surface area contributed by atoms with Gasteiger partial charge in [0.05, 0.1) is 12.3 Å². The summed E-state index contributed by atoms with van der Waals surface area (Å²) in [6.45, 7) is 6.80. The molecule has 0 saturated heterocycles. The Hall–Kier alpha value is -1.39. The Balaban J connectivity index is 2.01. The van der Waals surface area contributed by atoms with Crippen LogP contribution in [0.15, 0.2) is 24.3 Å². The minimum atomic E-state index is -0.328. The molecule has 3 nitrogen and oxygen atoms in total. The molecule has 1 aliphatic carbocycles. The predicted molar refractivity (Wildman–Crippen MR) is 87.9 cm³/mol. The number of nitrogens with zero attached hydrogens (tertiary/aromatic N) is 1.